The summed E-state index contributed by atoms with van der Waals surface area (Å²) in [7, 11) is -7.46. The highest BCUT2D eigenvalue weighted by Crippen LogP contribution is 2.29. The fourth-order valence-electron chi connectivity index (χ4n) is 2.48. The zero-order chi connectivity index (χ0) is 18.1. The summed E-state index contributed by atoms with van der Waals surface area (Å²) in [5, 5.41) is 18.9. The number of sulfone groups is 1. The van der Waals surface area contributed by atoms with Crippen molar-refractivity contribution in [1.29, 1.82) is 0 Å². The molecule has 24 heavy (non-hydrogen) atoms. The predicted octanol–water partition coefficient (Wildman–Crippen LogP) is 0.524. The molecule has 2 atom stereocenters. The molecule has 11 heteroatoms. The minimum Gasteiger partial charge on any atom is -0.394 e. The third-order valence-corrected chi connectivity index (χ3v) is 8.12. The average molecular weight is 418 g/mol. The Bertz CT molecular complexity index is 812. The summed E-state index contributed by atoms with van der Waals surface area (Å²) in [5.41, 5.74) is 0. The molecular weight excluding hydrogens is 401 g/mol. The fourth-order valence-corrected chi connectivity index (χ4v) is 6.39. The van der Waals surface area contributed by atoms with E-state index in [2.05, 4.69) is 0 Å². The van der Waals surface area contributed by atoms with Gasteiger partial charge in [0, 0.05) is 12.6 Å². The van der Waals surface area contributed by atoms with Gasteiger partial charge in [0.15, 0.2) is 9.84 Å². The van der Waals surface area contributed by atoms with Crippen LogP contribution in [0.15, 0.2) is 23.1 Å². The van der Waals surface area contributed by atoms with Crippen molar-refractivity contribution in [2.24, 2.45) is 0 Å². The molecule has 0 amide bonds. The van der Waals surface area contributed by atoms with Crippen LogP contribution in [0, 0.1) is 0 Å². The van der Waals surface area contributed by atoms with Crippen molar-refractivity contribution in [3.05, 3.63) is 28.2 Å². The summed E-state index contributed by atoms with van der Waals surface area (Å²) in [4.78, 5) is -0.161. The quantitative estimate of drug-likeness (QED) is 0.697. The van der Waals surface area contributed by atoms with Gasteiger partial charge in [-0.25, -0.2) is 16.8 Å². The Morgan fingerprint density at radius 2 is 1.96 bits per heavy atom. The summed E-state index contributed by atoms with van der Waals surface area (Å²) in [6, 6.07) is 2.94. The Morgan fingerprint density at radius 3 is 2.46 bits per heavy atom. The van der Waals surface area contributed by atoms with Crippen molar-refractivity contribution in [3.8, 4) is 0 Å². The van der Waals surface area contributed by atoms with Gasteiger partial charge in [0.1, 0.15) is 0 Å². The van der Waals surface area contributed by atoms with Gasteiger partial charge >= 0.3 is 0 Å². The molecule has 1 fully saturated rings. The minimum atomic E-state index is -4.12. The first-order valence-electron chi connectivity index (χ1n) is 7.03. The Labute approximate surface area is 150 Å². The molecule has 1 aliphatic rings. The molecule has 1 aromatic carbocycles. The average Bonchev–Trinajstić information content (AvgIpc) is 2.86. The van der Waals surface area contributed by atoms with E-state index < -0.39 is 45.2 Å². The van der Waals surface area contributed by atoms with Crippen molar-refractivity contribution >= 4 is 43.1 Å². The second-order valence-corrected chi connectivity index (χ2v) is 10.5. The molecule has 1 aromatic rings. The number of nitrogens with zero attached hydrogens (tertiary/aromatic N) is 1. The lowest BCUT2D eigenvalue weighted by Crippen LogP contribution is -2.46. The molecule has 1 aliphatic heterocycles. The minimum absolute atomic E-state index is 0.0411. The van der Waals surface area contributed by atoms with Crippen LogP contribution in [0.2, 0.25) is 10.0 Å². The van der Waals surface area contributed by atoms with Gasteiger partial charge in [0.25, 0.3) is 0 Å². The van der Waals surface area contributed by atoms with Gasteiger partial charge in [0.2, 0.25) is 10.0 Å². The number of benzene rings is 1. The topological polar surface area (TPSA) is 112 Å². The van der Waals surface area contributed by atoms with Crippen LogP contribution in [0.3, 0.4) is 0 Å². The highest BCUT2D eigenvalue weighted by atomic mass is 35.5. The Hall–Kier alpha value is -0.420. The van der Waals surface area contributed by atoms with E-state index >= 15 is 0 Å². The number of aliphatic hydroxyl groups excluding tert-OH is 2. The summed E-state index contributed by atoms with van der Waals surface area (Å²) < 4.78 is 50.1. The van der Waals surface area contributed by atoms with Crippen molar-refractivity contribution < 1.29 is 27.0 Å². The van der Waals surface area contributed by atoms with Crippen LogP contribution in [0.5, 0.6) is 0 Å². The molecular formula is C13H17Cl2NO6S2. The molecule has 0 bridgehead atoms. The Morgan fingerprint density at radius 1 is 1.29 bits per heavy atom. The number of hydrogen-bond acceptors (Lipinski definition) is 6. The monoisotopic (exact) mass is 417 g/mol. The largest absolute Gasteiger partial charge is 0.394 e. The van der Waals surface area contributed by atoms with Gasteiger partial charge < -0.3 is 10.2 Å². The zero-order valence-corrected chi connectivity index (χ0v) is 15.6. The van der Waals surface area contributed by atoms with Gasteiger partial charge in [-0.05, 0) is 24.6 Å². The second-order valence-electron chi connectivity index (χ2n) is 5.54. The highest BCUT2D eigenvalue weighted by Gasteiger charge is 2.39. The standard InChI is InChI=1S/C13H17Cl2NO6S2/c14-12-2-1-11(5-13(12)15)24(21,22)16(6-10(18)7-17)9-3-4-23(19,20)8-9/h1-2,5,9-10,17-18H,3-4,6-8H2/t9-,10+/m1/s1. The van der Waals surface area contributed by atoms with Crippen LogP contribution in [-0.2, 0) is 19.9 Å². The predicted molar refractivity (Wildman–Crippen MR) is 90.5 cm³/mol. The SMILES string of the molecule is O=S1(=O)CC[C@@H](N(C[C@H](O)CO)S(=O)(=O)c2ccc(Cl)c(Cl)c2)C1. The normalized spacial score (nSPS) is 22.0. The van der Waals surface area contributed by atoms with Crippen LogP contribution in [-0.4, -0.2) is 68.2 Å². The van der Waals surface area contributed by atoms with E-state index in [1.807, 2.05) is 0 Å². The number of hydrogen-bond donors (Lipinski definition) is 2. The van der Waals surface area contributed by atoms with Gasteiger partial charge in [-0.3, -0.25) is 0 Å². The van der Waals surface area contributed by atoms with Crippen molar-refractivity contribution in [2.75, 3.05) is 24.7 Å². The van der Waals surface area contributed by atoms with Gasteiger partial charge in [-0.2, -0.15) is 4.31 Å². The van der Waals surface area contributed by atoms with E-state index in [0.29, 0.717) is 0 Å². The van der Waals surface area contributed by atoms with Gasteiger partial charge in [-0.15, -0.1) is 0 Å². The van der Waals surface area contributed by atoms with Crippen LogP contribution >= 0.6 is 23.2 Å². The summed E-state index contributed by atoms with van der Waals surface area (Å²) in [6.07, 6.45) is -1.20. The maximum atomic E-state index is 12.9. The van der Waals surface area contributed by atoms with Crippen LogP contribution in [0.25, 0.3) is 0 Å². The molecule has 0 radical (unpaired) electrons. The van der Waals surface area contributed by atoms with E-state index in [0.717, 1.165) is 4.31 Å². The first-order valence-corrected chi connectivity index (χ1v) is 11.0. The van der Waals surface area contributed by atoms with Crippen molar-refractivity contribution in [1.82, 2.24) is 4.31 Å². The lowest BCUT2D eigenvalue weighted by Gasteiger charge is -2.29. The summed E-state index contributed by atoms with van der Waals surface area (Å²) in [6.45, 7) is -1.06. The Kier molecular flexibility index (Phi) is 6.17. The fraction of sp³-hybridized carbons (Fsp3) is 0.538. The maximum absolute atomic E-state index is 12.9. The molecule has 1 saturated heterocycles. The molecule has 136 valence electrons. The molecule has 2 N–H and O–H groups in total. The van der Waals surface area contributed by atoms with E-state index in [1.54, 1.807) is 0 Å². The molecule has 0 aliphatic carbocycles. The number of aliphatic hydroxyl groups is 2. The summed E-state index contributed by atoms with van der Waals surface area (Å²) in [5.74, 6) is -0.452. The van der Waals surface area contributed by atoms with E-state index in [1.165, 1.54) is 18.2 Å². The van der Waals surface area contributed by atoms with E-state index in [9.17, 15) is 21.9 Å². The molecule has 0 unspecified atom stereocenters. The Balaban J connectivity index is 2.42. The third-order valence-electron chi connectivity index (χ3n) is 3.71. The summed E-state index contributed by atoms with van der Waals surface area (Å²) >= 11 is 11.7. The number of rotatable bonds is 6. The molecule has 2 rings (SSSR count). The van der Waals surface area contributed by atoms with E-state index in [4.69, 9.17) is 28.3 Å². The van der Waals surface area contributed by atoms with Crippen LogP contribution in [0.4, 0.5) is 0 Å². The zero-order valence-electron chi connectivity index (χ0n) is 12.5. The molecule has 0 aromatic heterocycles. The second kappa shape index (κ2) is 7.45. The first kappa shape index (κ1) is 19.9. The highest BCUT2D eigenvalue weighted by molar-refractivity contribution is 7.92. The molecule has 0 spiro atoms. The molecule has 0 saturated carbocycles. The van der Waals surface area contributed by atoms with Crippen LogP contribution in [0.1, 0.15) is 6.42 Å². The number of halogens is 2. The van der Waals surface area contributed by atoms with Crippen molar-refractivity contribution in [2.45, 2.75) is 23.5 Å². The van der Waals surface area contributed by atoms with Crippen LogP contribution < -0.4 is 0 Å². The maximum Gasteiger partial charge on any atom is 0.243 e. The van der Waals surface area contributed by atoms with Crippen molar-refractivity contribution in [3.63, 3.8) is 0 Å². The van der Waals surface area contributed by atoms with Gasteiger partial charge in [0.05, 0.1) is 39.2 Å². The lowest BCUT2D eigenvalue weighted by atomic mass is 10.2. The van der Waals surface area contributed by atoms with Gasteiger partial charge in [-0.1, -0.05) is 23.2 Å². The number of sulfonamides is 1. The third kappa shape index (κ3) is 4.40. The van der Waals surface area contributed by atoms with E-state index in [-0.39, 0.29) is 32.9 Å². The molecule has 7 nitrogen and oxygen atoms in total. The lowest BCUT2D eigenvalue weighted by molar-refractivity contribution is 0.0730. The first-order chi connectivity index (χ1) is 11.1. The smallest absolute Gasteiger partial charge is 0.243 e. The molecule has 1 heterocycles.